The predicted octanol–water partition coefficient (Wildman–Crippen LogP) is 7.55. The van der Waals surface area contributed by atoms with E-state index in [1.807, 2.05) is 72.8 Å². The predicted molar refractivity (Wildman–Crippen MR) is 202 cm³/mol. The van der Waals surface area contributed by atoms with E-state index < -0.39 is 23.3 Å². The molecule has 0 bridgehead atoms. The number of alkyl carbamates (subject to hydrolysis) is 1. The third kappa shape index (κ3) is 10.1. The molecule has 0 saturated carbocycles. The van der Waals surface area contributed by atoms with Crippen LogP contribution in [0.2, 0.25) is 0 Å². The highest BCUT2D eigenvalue weighted by molar-refractivity contribution is 6.00. The highest BCUT2D eigenvalue weighted by Gasteiger charge is 2.33. The van der Waals surface area contributed by atoms with Crippen LogP contribution in [0.25, 0.3) is 11.1 Å². The molecule has 0 saturated heterocycles. The molecule has 1 aliphatic rings. The van der Waals surface area contributed by atoms with E-state index in [1.165, 1.54) is 0 Å². The summed E-state index contributed by atoms with van der Waals surface area (Å²) in [4.78, 5) is 53.1. The van der Waals surface area contributed by atoms with E-state index in [4.69, 9.17) is 9.47 Å². The van der Waals surface area contributed by atoms with E-state index in [2.05, 4.69) is 21.3 Å². The molecule has 272 valence electrons. The first-order valence-corrected chi connectivity index (χ1v) is 17.3. The van der Waals surface area contributed by atoms with Crippen LogP contribution in [-0.4, -0.2) is 48.2 Å². The maximum Gasteiger partial charge on any atom is 0.408 e. The van der Waals surface area contributed by atoms with Gasteiger partial charge < -0.3 is 35.6 Å². The van der Waals surface area contributed by atoms with Crippen LogP contribution >= 0.6 is 0 Å². The zero-order chi connectivity index (χ0) is 37.5. The summed E-state index contributed by atoms with van der Waals surface area (Å²) in [5.41, 5.74) is 3.66. The topological polar surface area (TPSA) is 138 Å². The molecule has 0 unspecified atom stereocenters. The number of hydrogen-bond acceptors (Lipinski definition) is 6. The lowest BCUT2D eigenvalue weighted by molar-refractivity contribution is -0.128. The van der Waals surface area contributed by atoms with Gasteiger partial charge in [0.15, 0.2) is 0 Å². The maximum absolute atomic E-state index is 14.1. The maximum atomic E-state index is 14.1. The first-order valence-electron chi connectivity index (χ1n) is 17.3. The molecule has 1 atom stereocenters. The second-order valence-corrected chi connectivity index (χ2v) is 14.4. The van der Waals surface area contributed by atoms with Crippen LogP contribution < -0.4 is 30.9 Å². The Hall–Kier alpha value is -5.84. The molecule has 4 N–H and O–H groups in total. The second-order valence-electron chi connectivity index (χ2n) is 14.4. The summed E-state index contributed by atoms with van der Waals surface area (Å²) in [5, 5.41) is 11.0. The average Bonchev–Trinajstić information content (AvgIpc) is 3.20. The summed E-state index contributed by atoms with van der Waals surface area (Å²) in [6.07, 6.45) is 0.422. The smallest absolute Gasteiger partial charge is 0.408 e. The van der Waals surface area contributed by atoms with E-state index in [-0.39, 0.29) is 24.3 Å². The van der Waals surface area contributed by atoms with Crippen molar-refractivity contribution in [3.05, 3.63) is 108 Å². The standard InChI is InChI=1S/C41H47N5O6/c1-40(2,3)52-39(50)45-41(4,5)25-36(47)44-33-24-19-29-11-7-9-13-34(29)46(37(33)48)26-27-15-17-28(18-16-27)32-12-8-10-14-35(32)51-31-22-20-30(21-23-31)43-38(49)42-6/h7-18,20-23,33H,19,24-26H2,1-6H3,(H,44,47)(H,45,50)(H2,42,43,49)/t33-/m1/s1. The first kappa shape index (κ1) is 37.4. The zero-order valence-corrected chi connectivity index (χ0v) is 30.5. The number of benzene rings is 4. The third-order valence-corrected chi connectivity index (χ3v) is 8.39. The number of nitrogens with one attached hydrogen (secondary N) is 4. The number of fused-ring (bicyclic) bond motifs is 1. The quantitative estimate of drug-likeness (QED) is 0.134. The number of para-hydroxylation sites is 2. The molecule has 11 heteroatoms. The monoisotopic (exact) mass is 705 g/mol. The Morgan fingerprint density at radius 3 is 2.21 bits per heavy atom. The van der Waals surface area contributed by atoms with Crippen molar-refractivity contribution in [3.63, 3.8) is 0 Å². The second kappa shape index (κ2) is 16.0. The van der Waals surface area contributed by atoms with E-state index in [1.54, 1.807) is 70.8 Å². The minimum absolute atomic E-state index is 0.0319. The van der Waals surface area contributed by atoms with Gasteiger partial charge in [0.05, 0.1) is 6.54 Å². The van der Waals surface area contributed by atoms with Gasteiger partial charge in [-0.1, -0.05) is 60.7 Å². The molecule has 0 spiro atoms. The van der Waals surface area contributed by atoms with E-state index in [0.717, 1.165) is 27.9 Å². The molecule has 1 heterocycles. The van der Waals surface area contributed by atoms with Gasteiger partial charge in [-0.3, -0.25) is 9.59 Å². The van der Waals surface area contributed by atoms with Crippen LogP contribution in [0.3, 0.4) is 0 Å². The number of urea groups is 1. The van der Waals surface area contributed by atoms with Crippen LogP contribution in [0.4, 0.5) is 21.0 Å². The number of carbonyl (C=O) groups excluding carboxylic acids is 4. The Morgan fingerprint density at radius 1 is 0.846 bits per heavy atom. The molecule has 4 aromatic carbocycles. The molecule has 1 aliphatic heterocycles. The van der Waals surface area contributed by atoms with E-state index in [0.29, 0.717) is 36.6 Å². The summed E-state index contributed by atoms with van der Waals surface area (Å²) < 4.78 is 11.6. The van der Waals surface area contributed by atoms with Crippen molar-refractivity contribution >= 4 is 35.3 Å². The van der Waals surface area contributed by atoms with Crippen molar-refractivity contribution in [1.29, 1.82) is 0 Å². The Labute approximate surface area is 305 Å². The highest BCUT2D eigenvalue weighted by atomic mass is 16.6. The SMILES string of the molecule is CNC(=O)Nc1ccc(Oc2ccccc2-c2ccc(CN3C(=O)[C@H](NC(=O)CC(C)(C)NC(=O)OC(C)(C)C)CCc4ccccc43)cc2)cc1. The number of amides is 5. The van der Waals surface area contributed by atoms with Gasteiger partial charge in [-0.15, -0.1) is 0 Å². The van der Waals surface area contributed by atoms with Gasteiger partial charge in [0, 0.05) is 35.9 Å². The van der Waals surface area contributed by atoms with E-state index in [9.17, 15) is 19.2 Å². The van der Waals surface area contributed by atoms with Crippen molar-refractivity contribution in [3.8, 4) is 22.6 Å². The van der Waals surface area contributed by atoms with Crippen molar-refractivity contribution in [2.45, 2.75) is 77.6 Å². The Balaban J connectivity index is 1.29. The first-order chi connectivity index (χ1) is 24.7. The van der Waals surface area contributed by atoms with Gasteiger partial charge >= 0.3 is 12.1 Å². The lowest BCUT2D eigenvalue weighted by Crippen LogP contribution is -2.52. The van der Waals surface area contributed by atoms with Gasteiger partial charge in [0.1, 0.15) is 23.1 Å². The summed E-state index contributed by atoms with van der Waals surface area (Å²) in [7, 11) is 1.56. The number of hydrogen-bond donors (Lipinski definition) is 4. The number of anilines is 2. The minimum atomic E-state index is -0.899. The average molecular weight is 706 g/mol. The lowest BCUT2D eigenvalue weighted by atomic mass is 9.99. The van der Waals surface area contributed by atoms with Gasteiger partial charge in [-0.2, -0.15) is 0 Å². The summed E-state index contributed by atoms with van der Waals surface area (Å²) >= 11 is 0. The van der Waals surface area contributed by atoms with Crippen LogP contribution in [0.5, 0.6) is 11.5 Å². The minimum Gasteiger partial charge on any atom is -0.457 e. The van der Waals surface area contributed by atoms with Crippen molar-refractivity contribution in [2.24, 2.45) is 0 Å². The third-order valence-electron chi connectivity index (χ3n) is 8.39. The fourth-order valence-corrected chi connectivity index (χ4v) is 5.98. The number of ether oxygens (including phenoxy) is 2. The summed E-state index contributed by atoms with van der Waals surface area (Å²) in [6, 6.07) is 29.6. The molecule has 5 amide bonds. The molecule has 0 fully saturated rings. The lowest BCUT2D eigenvalue weighted by Gasteiger charge is -2.29. The molecule has 0 radical (unpaired) electrons. The molecule has 5 rings (SSSR count). The normalized spacial score (nSPS) is 14.4. The Bertz CT molecular complexity index is 1900. The van der Waals surface area contributed by atoms with Gasteiger partial charge in [-0.05, 0) is 101 Å². The molecule has 4 aromatic rings. The number of aryl methyl sites for hydroxylation is 1. The van der Waals surface area contributed by atoms with Crippen LogP contribution in [0.15, 0.2) is 97.1 Å². The number of nitrogens with zero attached hydrogens (tertiary/aromatic N) is 1. The van der Waals surface area contributed by atoms with Crippen LogP contribution in [0.1, 0.15) is 58.6 Å². The van der Waals surface area contributed by atoms with Gasteiger partial charge in [-0.25, -0.2) is 9.59 Å². The zero-order valence-electron chi connectivity index (χ0n) is 30.5. The number of rotatable bonds is 10. The molecule has 0 aromatic heterocycles. The van der Waals surface area contributed by atoms with Gasteiger partial charge in [0.2, 0.25) is 11.8 Å². The van der Waals surface area contributed by atoms with Crippen molar-refractivity contribution < 1.29 is 28.7 Å². The fourth-order valence-electron chi connectivity index (χ4n) is 5.98. The molecule has 11 nitrogen and oxygen atoms in total. The Kier molecular flexibility index (Phi) is 11.5. The molecular weight excluding hydrogens is 658 g/mol. The Morgan fingerprint density at radius 2 is 1.52 bits per heavy atom. The van der Waals surface area contributed by atoms with Crippen LogP contribution in [-0.2, 0) is 27.3 Å². The fraction of sp³-hybridized carbons (Fsp3) is 0.317. The van der Waals surface area contributed by atoms with Crippen LogP contribution in [0, 0.1) is 0 Å². The number of carbonyl (C=O) groups is 4. The largest absolute Gasteiger partial charge is 0.457 e. The summed E-state index contributed by atoms with van der Waals surface area (Å²) in [6.45, 7) is 9.12. The summed E-state index contributed by atoms with van der Waals surface area (Å²) in [5.74, 6) is 0.749. The molecular formula is C41H47N5O6. The van der Waals surface area contributed by atoms with Crippen molar-refractivity contribution in [1.82, 2.24) is 16.0 Å². The molecule has 0 aliphatic carbocycles. The van der Waals surface area contributed by atoms with E-state index >= 15 is 0 Å². The van der Waals surface area contributed by atoms with Gasteiger partial charge in [0.25, 0.3) is 0 Å². The molecule has 52 heavy (non-hydrogen) atoms. The highest BCUT2D eigenvalue weighted by Crippen LogP contribution is 2.35. The van der Waals surface area contributed by atoms with Crippen molar-refractivity contribution in [2.75, 3.05) is 17.3 Å².